The van der Waals surface area contributed by atoms with Gasteiger partial charge in [-0.3, -0.25) is 4.79 Å². The van der Waals surface area contributed by atoms with Crippen LogP contribution in [-0.4, -0.2) is 35.1 Å². The molecular weight excluding hydrogens is 315 g/mol. The molecule has 0 spiro atoms. The predicted octanol–water partition coefficient (Wildman–Crippen LogP) is 3.57. The first-order chi connectivity index (χ1) is 11.9. The molecular formula is C21H25FN2O. The average molecular weight is 340 g/mol. The smallest absolute Gasteiger partial charge is 0.259 e. The number of carbonyl (C=O) groups is 1. The topological polar surface area (TPSA) is 46.3 Å². The zero-order valence-electron chi connectivity index (χ0n) is 14.8. The molecule has 1 amide bonds. The second-order valence-electron chi connectivity index (χ2n) is 7.26. The minimum atomic E-state index is -1.87. The van der Waals surface area contributed by atoms with Gasteiger partial charge in [-0.2, -0.15) is 0 Å². The molecule has 2 N–H and O–H groups in total. The fraction of sp³-hybridized carbons (Fsp3) is 0.381. The van der Waals surface area contributed by atoms with Crippen molar-refractivity contribution in [1.29, 1.82) is 0 Å². The number of rotatable bonds is 4. The summed E-state index contributed by atoms with van der Waals surface area (Å²) >= 11 is 0. The Kier molecular flexibility index (Phi) is 4.91. The number of amides is 1. The Morgan fingerprint density at radius 3 is 2.52 bits per heavy atom. The van der Waals surface area contributed by atoms with Crippen molar-refractivity contribution in [2.24, 2.45) is 5.73 Å². The van der Waals surface area contributed by atoms with E-state index in [1.807, 2.05) is 30.3 Å². The maximum Gasteiger partial charge on any atom is 0.259 e. The van der Waals surface area contributed by atoms with Crippen molar-refractivity contribution >= 4 is 5.91 Å². The standard InChI is InChI=1S/C21H25FN2O/c1-21(2,22)20(25)24-12-11-18(23)19(24)14-15-7-6-10-17(13-15)16-8-4-3-5-9-16/h3-10,13,18-19H,11-12,14,23H2,1-2H3. The summed E-state index contributed by atoms with van der Waals surface area (Å²) in [7, 11) is 0. The van der Waals surface area contributed by atoms with Gasteiger partial charge >= 0.3 is 0 Å². The summed E-state index contributed by atoms with van der Waals surface area (Å²) in [6.45, 7) is 3.15. The van der Waals surface area contributed by atoms with Crippen molar-refractivity contribution in [2.75, 3.05) is 6.54 Å². The van der Waals surface area contributed by atoms with Crippen LogP contribution in [0.25, 0.3) is 11.1 Å². The summed E-state index contributed by atoms with van der Waals surface area (Å²) in [4.78, 5) is 14.0. The Bertz CT molecular complexity index is 739. The van der Waals surface area contributed by atoms with Gasteiger partial charge in [-0.1, -0.05) is 54.6 Å². The fourth-order valence-corrected chi connectivity index (χ4v) is 3.48. The molecule has 3 nitrogen and oxygen atoms in total. The third-order valence-corrected chi connectivity index (χ3v) is 4.85. The molecule has 2 unspecified atom stereocenters. The lowest BCUT2D eigenvalue weighted by Crippen LogP contribution is -2.49. The van der Waals surface area contributed by atoms with Crippen LogP contribution in [0.3, 0.4) is 0 Å². The molecule has 0 bridgehead atoms. The van der Waals surface area contributed by atoms with E-state index in [9.17, 15) is 9.18 Å². The molecule has 3 rings (SSSR count). The second kappa shape index (κ2) is 6.96. The van der Waals surface area contributed by atoms with Crippen molar-refractivity contribution in [2.45, 2.75) is 44.4 Å². The van der Waals surface area contributed by atoms with Gasteiger partial charge in [0, 0.05) is 12.6 Å². The molecule has 2 aromatic carbocycles. The number of benzene rings is 2. The van der Waals surface area contributed by atoms with E-state index in [4.69, 9.17) is 5.73 Å². The highest BCUT2D eigenvalue weighted by Gasteiger charge is 2.41. The van der Waals surface area contributed by atoms with Crippen LogP contribution in [0.2, 0.25) is 0 Å². The van der Waals surface area contributed by atoms with Gasteiger partial charge in [-0.25, -0.2) is 4.39 Å². The Morgan fingerprint density at radius 2 is 1.84 bits per heavy atom. The molecule has 4 heteroatoms. The first kappa shape index (κ1) is 17.6. The molecule has 1 aliphatic rings. The molecule has 2 aromatic rings. The maximum absolute atomic E-state index is 14.1. The van der Waals surface area contributed by atoms with Gasteiger partial charge in [0.15, 0.2) is 5.67 Å². The van der Waals surface area contributed by atoms with Crippen molar-refractivity contribution in [3.05, 3.63) is 60.2 Å². The molecule has 1 heterocycles. The number of halogens is 1. The van der Waals surface area contributed by atoms with Crippen LogP contribution >= 0.6 is 0 Å². The molecule has 1 fully saturated rings. The van der Waals surface area contributed by atoms with Crippen LogP contribution in [0, 0.1) is 0 Å². The zero-order valence-corrected chi connectivity index (χ0v) is 14.8. The van der Waals surface area contributed by atoms with Crippen molar-refractivity contribution in [1.82, 2.24) is 4.90 Å². The SMILES string of the molecule is CC(C)(F)C(=O)N1CCC(N)C1Cc1cccc(-c2ccccc2)c1. The summed E-state index contributed by atoms with van der Waals surface area (Å²) in [5.41, 5.74) is 7.76. The second-order valence-corrected chi connectivity index (χ2v) is 7.26. The number of carbonyl (C=O) groups excluding carboxylic acids is 1. The van der Waals surface area contributed by atoms with Gasteiger partial charge < -0.3 is 10.6 Å². The maximum atomic E-state index is 14.1. The number of nitrogens with zero attached hydrogens (tertiary/aromatic N) is 1. The molecule has 1 aliphatic heterocycles. The van der Waals surface area contributed by atoms with Gasteiger partial charge in [0.05, 0.1) is 6.04 Å². The minimum absolute atomic E-state index is 0.119. The van der Waals surface area contributed by atoms with E-state index in [1.54, 1.807) is 4.90 Å². The summed E-state index contributed by atoms with van der Waals surface area (Å²) < 4.78 is 14.1. The normalized spacial score (nSPS) is 20.7. The molecule has 2 atom stereocenters. The van der Waals surface area contributed by atoms with Gasteiger partial charge in [0.2, 0.25) is 0 Å². The zero-order chi connectivity index (χ0) is 18.0. The van der Waals surface area contributed by atoms with Gasteiger partial charge in [-0.15, -0.1) is 0 Å². The quantitative estimate of drug-likeness (QED) is 0.925. The van der Waals surface area contributed by atoms with Crippen LogP contribution in [0.5, 0.6) is 0 Å². The van der Waals surface area contributed by atoms with E-state index in [2.05, 4.69) is 24.3 Å². The van der Waals surface area contributed by atoms with E-state index in [0.29, 0.717) is 19.4 Å². The Labute approximate surface area is 148 Å². The molecule has 0 aliphatic carbocycles. The van der Waals surface area contributed by atoms with Crippen molar-refractivity contribution in [3.8, 4) is 11.1 Å². The van der Waals surface area contributed by atoms with Gasteiger partial charge in [-0.05, 0) is 43.4 Å². The Balaban J connectivity index is 1.82. The number of hydrogen-bond acceptors (Lipinski definition) is 2. The Morgan fingerprint density at radius 1 is 1.16 bits per heavy atom. The highest BCUT2D eigenvalue weighted by atomic mass is 19.1. The van der Waals surface area contributed by atoms with Crippen molar-refractivity contribution < 1.29 is 9.18 Å². The lowest BCUT2D eigenvalue weighted by molar-refractivity contribution is -0.142. The molecule has 132 valence electrons. The van der Waals surface area contributed by atoms with Gasteiger partial charge in [0.1, 0.15) is 0 Å². The molecule has 0 aromatic heterocycles. The van der Waals surface area contributed by atoms with Crippen molar-refractivity contribution in [3.63, 3.8) is 0 Å². The predicted molar refractivity (Wildman–Crippen MR) is 98.9 cm³/mol. The third kappa shape index (κ3) is 3.90. The first-order valence-electron chi connectivity index (χ1n) is 8.76. The third-order valence-electron chi connectivity index (χ3n) is 4.85. The number of likely N-dealkylation sites (tertiary alicyclic amines) is 1. The van der Waals surface area contributed by atoms with E-state index in [1.165, 1.54) is 13.8 Å². The molecule has 25 heavy (non-hydrogen) atoms. The van der Waals surface area contributed by atoms with Crippen LogP contribution in [0.1, 0.15) is 25.8 Å². The lowest BCUT2D eigenvalue weighted by atomic mass is 9.96. The van der Waals surface area contributed by atoms with E-state index in [0.717, 1.165) is 16.7 Å². The first-order valence-corrected chi connectivity index (χ1v) is 8.76. The Hall–Kier alpha value is -2.20. The summed E-state index contributed by atoms with van der Waals surface area (Å²) in [5.74, 6) is -0.468. The molecule has 1 saturated heterocycles. The summed E-state index contributed by atoms with van der Waals surface area (Å²) in [5, 5.41) is 0. The number of hydrogen-bond donors (Lipinski definition) is 1. The van der Waals surface area contributed by atoms with Crippen LogP contribution in [0.15, 0.2) is 54.6 Å². The summed E-state index contributed by atoms with van der Waals surface area (Å²) in [6.07, 6.45) is 1.36. The molecule has 0 radical (unpaired) electrons. The largest absolute Gasteiger partial charge is 0.335 e. The lowest BCUT2D eigenvalue weighted by Gasteiger charge is -2.30. The number of alkyl halides is 1. The monoisotopic (exact) mass is 340 g/mol. The van der Waals surface area contributed by atoms with Crippen LogP contribution in [0.4, 0.5) is 4.39 Å². The van der Waals surface area contributed by atoms with Crippen LogP contribution < -0.4 is 5.73 Å². The van der Waals surface area contributed by atoms with E-state index >= 15 is 0 Å². The van der Waals surface area contributed by atoms with Crippen LogP contribution in [-0.2, 0) is 11.2 Å². The summed E-state index contributed by atoms with van der Waals surface area (Å²) in [6, 6.07) is 18.1. The van der Waals surface area contributed by atoms with Gasteiger partial charge in [0.25, 0.3) is 5.91 Å². The molecule has 0 saturated carbocycles. The minimum Gasteiger partial charge on any atom is -0.335 e. The highest BCUT2D eigenvalue weighted by Crippen LogP contribution is 2.27. The fourth-order valence-electron chi connectivity index (χ4n) is 3.48. The van der Waals surface area contributed by atoms with E-state index < -0.39 is 11.6 Å². The highest BCUT2D eigenvalue weighted by molar-refractivity contribution is 5.85. The number of nitrogens with two attached hydrogens (primary N) is 1. The average Bonchev–Trinajstić information content (AvgIpc) is 2.95. The van der Waals surface area contributed by atoms with E-state index in [-0.39, 0.29) is 12.1 Å².